The van der Waals surface area contributed by atoms with Gasteiger partial charge in [-0.25, -0.2) is 27.9 Å². The minimum atomic E-state index is -3.93. The summed E-state index contributed by atoms with van der Waals surface area (Å²) in [5.74, 6) is -2.29. The van der Waals surface area contributed by atoms with Crippen molar-refractivity contribution in [3.05, 3.63) is 96.2 Å². The summed E-state index contributed by atoms with van der Waals surface area (Å²) in [6.45, 7) is 0. The van der Waals surface area contributed by atoms with Gasteiger partial charge in [-0.1, -0.05) is 30.3 Å². The van der Waals surface area contributed by atoms with Crippen LogP contribution in [0.5, 0.6) is 0 Å². The fourth-order valence-electron chi connectivity index (χ4n) is 3.47. The number of hydrogen-bond acceptors (Lipinski definition) is 6. The number of rotatable bonds is 6. The van der Waals surface area contributed by atoms with E-state index in [9.17, 15) is 22.4 Å². The smallest absolute Gasteiger partial charge is 0.259 e. The van der Waals surface area contributed by atoms with Gasteiger partial charge in [-0.2, -0.15) is 0 Å². The molecule has 0 aliphatic rings. The Morgan fingerprint density at radius 1 is 0.914 bits per heavy atom. The van der Waals surface area contributed by atoms with Gasteiger partial charge in [0, 0.05) is 23.0 Å². The normalized spacial score (nSPS) is 11.1. The van der Waals surface area contributed by atoms with Crippen molar-refractivity contribution in [2.45, 2.75) is 4.90 Å². The Balaban J connectivity index is 1.62. The Morgan fingerprint density at radius 2 is 1.60 bits per heavy atom. The van der Waals surface area contributed by atoms with Crippen LogP contribution in [-0.4, -0.2) is 30.2 Å². The van der Waals surface area contributed by atoms with Crippen molar-refractivity contribution >= 4 is 27.5 Å². The van der Waals surface area contributed by atoms with Gasteiger partial charge in [0.1, 0.15) is 12.1 Å². The lowest BCUT2D eigenvalue weighted by Crippen LogP contribution is -2.15. The SMILES string of the molecule is NC(=O)c1cc(-c2ncncc2C(=O)Nc2ccc(-c3ccccc3S(N)(=O)=O)cc2)ccc1F. The molecule has 3 aromatic carbocycles. The number of primary sulfonamides is 1. The van der Waals surface area contributed by atoms with Gasteiger partial charge in [-0.15, -0.1) is 0 Å². The zero-order valence-electron chi connectivity index (χ0n) is 18.0. The van der Waals surface area contributed by atoms with Gasteiger partial charge in [-0.05, 0) is 42.0 Å². The highest BCUT2D eigenvalue weighted by Crippen LogP contribution is 2.28. The van der Waals surface area contributed by atoms with Gasteiger partial charge in [-0.3, -0.25) is 9.59 Å². The third kappa shape index (κ3) is 5.05. The van der Waals surface area contributed by atoms with Crippen LogP contribution < -0.4 is 16.2 Å². The second kappa shape index (κ2) is 9.41. The summed E-state index contributed by atoms with van der Waals surface area (Å²) < 4.78 is 37.6. The molecule has 0 atom stereocenters. The third-order valence-electron chi connectivity index (χ3n) is 5.11. The summed E-state index contributed by atoms with van der Waals surface area (Å²) in [4.78, 5) is 32.5. The number of nitrogens with zero attached hydrogens (tertiary/aromatic N) is 2. The van der Waals surface area contributed by atoms with E-state index in [1.165, 1.54) is 30.7 Å². The third-order valence-corrected chi connectivity index (χ3v) is 6.08. The molecule has 0 saturated heterocycles. The molecule has 0 radical (unpaired) electrons. The molecule has 0 aliphatic carbocycles. The van der Waals surface area contributed by atoms with E-state index in [-0.39, 0.29) is 21.7 Å². The molecule has 4 rings (SSSR count). The lowest BCUT2D eigenvalue weighted by molar-refractivity contribution is 0.0994. The number of nitrogens with one attached hydrogen (secondary N) is 1. The number of anilines is 1. The van der Waals surface area contributed by atoms with Crippen LogP contribution in [0, 0.1) is 5.82 Å². The first-order valence-electron chi connectivity index (χ1n) is 10.1. The van der Waals surface area contributed by atoms with Crippen LogP contribution >= 0.6 is 0 Å². The van der Waals surface area contributed by atoms with Crippen LogP contribution in [0.1, 0.15) is 20.7 Å². The maximum Gasteiger partial charge on any atom is 0.259 e. The summed E-state index contributed by atoms with van der Waals surface area (Å²) in [6, 6.07) is 16.4. The van der Waals surface area contributed by atoms with E-state index in [4.69, 9.17) is 10.9 Å². The molecular formula is C24H18FN5O4S. The van der Waals surface area contributed by atoms with Crippen molar-refractivity contribution in [3.63, 3.8) is 0 Å². The molecular weight excluding hydrogens is 473 g/mol. The van der Waals surface area contributed by atoms with E-state index in [2.05, 4.69) is 15.3 Å². The zero-order valence-corrected chi connectivity index (χ0v) is 18.8. The van der Waals surface area contributed by atoms with E-state index in [0.717, 1.165) is 6.07 Å². The molecule has 176 valence electrons. The average Bonchev–Trinajstić information content (AvgIpc) is 2.84. The predicted molar refractivity (Wildman–Crippen MR) is 127 cm³/mol. The minimum absolute atomic E-state index is 0.0162. The summed E-state index contributed by atoms with van der Waals surface area (Å²) in [5, 5.41) is 8.02. The van der Waals surface area contributed by atoms with Gasteiger partial charge in [0.15, 0.2) is 0 Å². The molecule has 0 spiro atoms. The molecule has 35 heavy (non-hydrogen) atoms. The van der Waals surface area contributed by atoms with Crippen molar-refractivity contribution in [1.82, 2.24) is 9.97 Å². The van der Waals surface area contributed by atoms with Crippen LogP contribution in [-0.2, 0) is 10.0 Å². The maximum absolute atomic E-state index is 13.9. The van der Waals surface area contributed by atoms with E-state index < -0.39 is 27.7 Å². The van der Waals surface area contributed by atoms with Gasteiger partial charge < -0.3 is 11.1 Å². The van der Waals surface area contributed by atoms with Gasteiger partial charge in [0.05, 0.1) is 21.7 Å². The van der Waals surface area contributed by atoms with Crippen molar-refractivity contribution in [3.8, 4) is 22.4 Å². The molecule has 2 amide bonds. The molecule has 0 fully saturated rings. The molecule has 0 saturated carbocycles. The van der Waals surface area contributed by atoms with Crippen LogP contribution in [0.3, 0.4) is 0 Å². The van der Waals surface area contributed by atoms with Crippen molar-refractivity contribution in [2.75, 3.05) is 5.32 Å². The first-order chi connectivity index (χ1) is 16.6. The van der Waals surface area contributed by atoms with E-state index in [0.29, 0.717) is 22.4 Å². The van der Waals surface area contributed by atoms with Gasteiger partial charge >= 0.3 is 0 Å². The standard InChI is InChI=1S/C24H18FN5O4S/c25-20-10-7-15(11-18(20)23(26)31)22-19(12-28-13-29-22)24(32)30-16-8-5-14(6-9-16)17-3-1-2-4-21(17)35(27,33)34/h1-13H,(H2,26,31)(H,30,32)(H2,27,33,34). The Hall–Kier alpha value is -4.48. The van der Waals surface area contributed by atoms with Crippen molar-refractivity contribution in [2.24, 2.45) is 10.9 Å². The van der Waals surface area contributed by atoms with Crippen LogP contribution in [0.25, 0.3) is 22.4 Å². The van der Waals surface area contributed by atoms with Gasteiger partial charge in [0.25, 0.3) is 11.8 Å². The van der Waals surface area contributed by atoms with Crippen molar-refractivity contribution < 1.29 is 22.4 Å². The Labute approximate surface area is 199 Å². The highest BCUT2D eigenvalue weighted by Gasteiger charge is 2.18. The monoisotopic (exact) mass is 491 g/mol. The summed E-state index contributed by atoms with van der Waals surface area (Å²) in [5.41, 5.74) is 6.88. The molecule has 0 bridgehead atoms. The molecule has 0 aliphatic heterocycles. The molecule has 9 nitrogen and oxygen atoms in total. The highest BCUT2D eigenvalue weighted by atomic mass is 32.2. The number of carbonyl (C=O) groups is 2. The second-order valence-electron chi connectivity index (χ2n) is 7.42. The Kier molecular flexibility index (Phi) is 6.36. The van der Waals surface area contributed by atoms with Crippen LogP contribution in [0.2, 0.25) is 0 Å². The largest absolute Gasteiger partial charge is 0.366 e. The Bertz CT molecular complexity index is 1560. The van der Waals surface area contributed by atoms with Crippen LogP contribution in [0.15, 0.2) is 84.1 Å². The fraction of sp³-hybridized carbons (Fsp3) is 0. The molecule has 4 aromatic rings. The quantitative estimate of drug-likeness (QED) is 0.376. The number of halogens is 1. The topological polar surface area (TPSA) is 158 Å². The highest BCUT2D eigenvalue weighted by molar-refractivity contribution is 7.89. The maximum atomic E-state index is 13.9. The number of nitrogens with two attached hydrogens (primary N) is 2. The molecule has 1 aromatic heterocycles. The number of sulfonamides is 1. The van der Waals surface area contributed by atoms with Gasteiger partial charge in [0.2, 0.25) is 10.0 Å². The minimum Gasteiger partial charge on any atom is -0.366 e. The van der Waals surface area contributed by atoms with E-state index in [1.807, 2.05) is 0 Å². The summed E-state index contributed by atoms with van der Waals surface area (Å²) in [6.07, 6.45) is 2.51. The summed E-state index contributed by atoms with van der Waals surface area (Å²) >= 11 is 0. The number of amides is 2. The fourth-order valence-corrected chi connectivity index (χ4v) is 4.23. The second-order valence-corrected chi connectivity index (χ2v) is 8.95. The number of hydrogen-bond donors (Lipinski definition) is 3. The van der Waals surface area contributed by atoms with E-state index in [1.54, 1.807) is 42.5 Å². The molecule has 11 heteroatoms. The van der Waals surface area contributed by atoms with Crippen LogP contribution in [0.4, 0.5) is 10.1 Å². The average molecular weight is 492 g/mol. The predicted octanol–water partition coefficient (Wildman–Crippen LogP) is 2.95. The number of carbonyl (C=O) groups excluding carboxylic acids is 2. The number of benzene rings is 3. The number of primary amides is 1. The zero-order chi connectivity index (χ0) is 25.2. The number of aromatic nitrogens is 2. The molecule has 5 N–H and O–H groups in total. The van der Waals surface area contributed by atoms with Crippen molar-refractivity contribution in [1.29, 1.82) is 0 Å². The molecule has 0 unspecified atom stereocenters. The first-order valence-corrected chi connectivity index (χ1v) is 11.6. The van der Waals surface area contributed by atoms with E-state index >= 15 is 0 Å². The Morgan fingerprint density at radius 3 is 2.29 bits per heavy atom. The lowest BCUT2D eigenvalue weighted by atomic mass is 10.0. The molecule has 1 heterocycles. The first kappa shape index (κ1) is 23.7. The summed E-state index contributed by atoms with van der Waals surface area (Å²) in [7, 11) is -3.93. The lowest BCUT2D eigenvalue weighted by Gasteiger charge is -2.11.